The van der Waals surface area contributed by atoms with Gasteiger partial charge in [-0.2, -0.15) is 5.10 Å². The molecule has 8 nitrogen and oxygen atoms in total. The van der Waals surface area contributed by atoms with Crippen molar-refractivity contribution in [2.75, 3.05) is 0 Å². The summed E-state index contributed by atoms with van der Waals surface area (Å²) in [4.78, 5) is 11.0. The number of hydrogen-bond acceptors (Lipinski definition) is 5. The van der Waals surface area contributed by atoms with Gasteiger partial charge in [0.15, 0.2) is 11.9 Å². The Morgan fingerprint density at radius 3 is 2.56 bits per heavy atom. The molecule has 0 aliphatic carbocycles. The summed E-state index contributed by atoms with van der Waals surface area (Å²) in [7, 11) is 1.82. The minimum absolute atomic E-state index is 0.424. The fourth-order valence-electron chi connectivity index (χ4n) is 1.82. The third-order valence-electron chi connectivity index (χ3n) is 2.95. The van der Waals surface area contributed by atoms with Crippen LogP contribution >= 0.6 is 0 Å². The van der Waals surface area contributed by atoms with Crippen molar-refractivity contribution in [1.29, 1.82) is 0 Å². The summed E-state index contributed by atoms with van der Waals surface area (Å²) < 4.78 is 3.01. The Hall–Kier alpha value is -2.25. The molecule has 0 aliphatic rings. The van der Waals surface area contributed by atoms with E-state index >= 15 is 0 Å². The maximum absolute atomic E-state index is 11.0. The predicted molar refractivity (Wildman–Crippen MR) is 61.8 cm³/mol. The van der Waals surface area contributed by atoms with Gasteiger partial charge in [-0.1, -0.05) is 0 Å². The first-order chi connectivity index (χ1) is 8.43. The first-order valence-corrected chi connectivity index (χ1v) is 5.44. The van der Waals surface area contributed by atoms with Crippen LogP contribution in [0.4, 0.5) is 0 Å². The standard InChI is InChI=1S/C10H14N6O2/c1-5-8(6(2)15(4)12-5)9-11-13-14-16(9)7(3)10(17)18/h7H,1-4H3,(H,17,18). The van der Waals surface area contributed by atoms with Crippen LogP contribution in [0, 0.1) is 13.8 Å². The van der Waals surface area contributed by atoms with Gasteiger partial charge >= 0.3 is 5.97 Å². The molecule has 2 aromatic rings. The SMILES string of the molecule is Cc1nn(C)c(C)c1-c1nnnn1C(C)C(=O)O. The molecule has 8 heteroatoms. The minimum Gasteiger partial charge on any atom is -0.480 e. The van der Waals surface area contributed by atoms with E-state index in [9.17, 15) is 4.79 Å². The van der Waals surface area contributed by atoms with E-state index in [0.717, 1.165) is 17.0 Å². The lowest BCUT2D eigenvalue weighted by Gasteiger charge is -2.08. The van der Waals surface area contributed by atoms with Crippen molar-refractivity contribution in [2.24, 2.45) is 7.05 Å². The van der Waals surface area contributed by atoms with Crippen LogP contribution < -0.4 is 0 Å². The molecule has 0 bridgehead atoms. The zero-order valence-corrected chi connectivity index (χ0v) is 10.6. The molecule has 0 saturated heterocycles. The number of carboxylic acids is 1. The minimum atomic E-state index is -0.984. The van der Waals surface area contributed by atoms with Crippen molar-refractivity contribution in [3.05, 3.63) is 11.4 Å². The van der Waals surface area contributed by atoms with E-state index in [4.69, 9.17) is 5.11 Å². The Morgan fingerprint density at radius 1 is 1.39 bits per heavy atom. The van der Waals surface area contributed by atoms with Crippen LogP contribution in [-0.2, 0) is 11.8 Å². The first kappa shape index (κ1) is 12.2. The summed E-state index contributed by atoms with van der Waals surface area (Å²) in [6, 6.07) is -0.825. The smallest absolute Gasteiger partial charge is 0.328 e. The van der Waals surface area contributed by atoms with Crippen molar-refractivity contribution >= 4 is 5.97 Å². The molecule has 0 amide bonds. The number of hydrogen-bond donors (Lipinski definition) is 1. The monoisotopic (exact) mass is 250 g/mol. The van der Waals surface area contributed by atoms with E-state index < -0.39 is 12.0 Å². The Labute approximate surface area is 103 Å². The van der Waals surface area contributed by atoms with Crippen molar-refractivity contribution < 1.29 is 9.90 Å². The van der Waals surface area contributed by atoms with Gasteiger partial charge < -0.3 is 5.11 Å². The molecular weight excluding hydrogens is 236 g/mol. The fourth-order valence-corrected chi connectivity index (χ4v) is 1.82. The number of aliphatic carboxylic acids is 1. The van der Waals surface area contributed by atoms with E-state index in [1.807, 2.05) is 20.9 Å². The number of rotatable bonds is 3. The van der Waals surface area contributed by atoms with E-state index in [0.29, 0.717) is 5.82 Å². The molecule has 0 aliphatic heterocycles. The van der Waals surface area contributed by atoms with Crippen LogP contribution in [0.3, 0.4) is 0 Å². The maximum Gasteiger partial charge on any atom is 0.328 e. The molecule has 18 heavy (non-hydrogen) atoms. The molecule has 2 heterocycles. The average Bonchev–Trinajstić information content (AvgIpc) is 2.84. The van der Waals surface area contributed by atoms with Crippen molar-refractivity contribution in [3.8, 4) is 11.4 Å². The number of tetrazole rings is 1. The number of carboxylic acid groups (broad SMARTS) is 1. The van der Waals surface area contributed by atoms with E-state index in [1.54, 1.807) is 4.68 Å². The summed E-state index contributed by atoms with van der Waals surface area (Å²) in [5, 5.41) is 24.5. The zero-order valence-electron chi connectivity index (χ0n) is 10.6. The third-order valence-corrected chi connectivity index (χ3v) is 2.95. The highest BCUT2D eigenvalue weighted by molar-refractivity contribution is 5.72. The molecule has 0 aromatic carbocycles. The molecule has 1 unspecified atom stereocenters. The van der Waals surface area contributed by atoms with Gasteiger partial charge in [-0.3, -0.25) is 4.68 Å². The second kappa shape index (κ2) is 4.21. The summed E-state index contributed by atoms with van der Waals surface area (Å²) >= 11 is 0. The van der Waals surface area contributed by atoms with Crippen molar-refractivity contribution in [2.45, 2.75) is 26.8 Å². The lowest BCUT2D eigenvalue weighted by molar-refractivity contribution is -0.140. The number of aryl methyl sites for hydroxylation is 2. The van der Waals surface area contributed by atoms with Crippen molar-refractivity contribution in [1.82, 2.24) is 30.0 Å². The molecule has 0 saturated carbocycles. The van der Waals surface area contributed by atoms with Gasteiger partial charge in [0.1, 0.15) is 0 Å². The molecule has 2 rings (SSSR count). The average molecular weight is 250 g/mol. The molecular formula is C10H14N6O2. The van der Waals surface area contributed by atoms with Crippen LogP contribution in [0.5, 0.6) is 0 Å². The number of aromatic nitrogens is 6. The Bertz CT molecular complexity index is 600. The van der Waals surface area contributed by atoms with E-state index in [-0.39, 0.29) is 0 Å². The van der Waals surface area contributed by atoms with E-state index in [1.165, 1.54) is 11.6 Å². The van der Waals surface area contributed by atoms with Crippen LogP contribution in [0.1, 0.15) is 24.4 Å². The van der Waals surface area contributed by atoms with Gasteiger partial charge in [0.2, 0.25) is 0 Å². The molecule has 96 valence electrons. The van der Waals surface area contributed by atoms with Crippen LogP contribution in [0.15, 0.2) is 0 Å². The van der Waals surface area contributed by atoms with Crippen LogP contribution in [0.2, 0.25) is 0 Å². The lowest BCUT2D eigenvalue weighted by Crippen LogP contribution is -2.18. The van der Waals surface area contributed by atoms with Crippen LogP contribution in [-0.4, -0.2) is 41.1 Å². The van der Waals surface area contributed by atoms with Gasteiger partial charge in [0.25, 0.3) is 0 Å². The Balaban J connectivity index is 2.59. The topological polar surface area (TPSA) is 98.7 Å². The van der Waals surface area contributed by atoms with Crippen molar-refractivity contribution in [3.63, 3.8) is 0 Å². The highest BCUT2D eigenvalue weighted by atomic mass is 16.4. The molecule has 1 atom stereocenters. The predicted octanol–water partition coefficient (Wildman–Crippen LogP) is 0.336. The second-order valence-electron chi connectivity index (χ2n) is 4.13. The third kappa shape index (κ3) is 1.75. The summed E-state index contributed by atoms with van der Waals surface area (Å²) in [5.74, 6) is -0.559. The lowest BCUT2D eigenvalue weighted by atomic mass is 10.2. The quantitative estimate of drug-likeness (QED) is 0.843. The highest BCUT2D eigenvalue weighted by Gasteiger charge is 2.24. The summed E-state index contributed by atoms with van der Waals surface area (Å²) in [6.07, 6.45) is 0. The Morgan fingerprint density at radius 2 is 2.06 bits per heavy atom. The van der Waals surface area contributed by atoms with Gasteiger partial charge in [-0.25, -0.2) is 9.48 Å². The second-order valence-corrected chi connectivity index (χ2v) is 4.13. The zero-order chi connectivity index (χ0) is 13.4. The molecule has 0 spiro atoms. The van der Waals surface area contributed by atoms with Gasteiger partial charge in [0.05, 0.1) is 11.3 Å². The summed E-state index contributed by atoms with van der Waals surface area (Å²) in [5.41, 5.74) is 2.43. The van der Waals surface area contributed by atoms with Crippen LogP contribution in [0.25, 0.3) is 11.4 Å². The number of carbonyl (C=O) groups is 1. The highest BCUT2D eigenvalue weighted by Crippen LogP contribution is 2.25. The number of nitrogens with zero attached hydrogens (tertiary/aromatic N) is 6. The summed E-state index contributed by atoms with van der Waals surface area (Å²) in [6.45, 7) is 5.26. The maximum atomic E-state index is 11.0. The van der Waals surface area contributed by atoms with E-state index in [2.05, 4.69) is 20.6 Å². The normalized spacial score (nSPS) is 12.7. The molecule has 2 aromatic heterocycles. The fraction of sp³-hybridized carbons (Fsp3) is 0.500. The van der Waals surface area contributed by atoms with Gasteiger partial charge in [-0.15, -0.1) is 5.10 Å². The molecule has 0 radical (unpaired) electrons. The van der Waals surface area contributed by atoms with Gasteiger partial charge in [-0.05, 0) is 31.2 Å². The Kier molecular flexibility index (Phi) is 2.85. The molecule has 1 N–H and O–H groups in total. The largest absolute Gasteiger partial charge is 0.480 e. The molecule has 0 fully saturated rings. The van der Waals surface area contributed by atoms with Gasteiger partial charge in [0, 0.05) is 12.7 Å². The first-order valence-electron chi connectivity index (χ1n) is 5.44.